The van der Waals surface area contributed by atoms with Gasteiger partial charge in [-0.1, -0.05) is 26.8 Å². The van der Waals surface area contributed by atoms with E-state index in [1.807, 2.05) is 0 Å². The van der Waals surface area contributed by atoms with Gasteiger partial charge in [-0.15, -0.1) is 0 Å². The number of hydrogen-bond acceptors (Lipinski definition) is 2. The Morgan fingerprint density at radius 1 is 1.10 bits per heavy atom. The van der Waals surface area contributed by atoms with Crippen LogP contribution in [-0.4, -0.2) is 20.5 Å². The van der Waals surface area contributed by atoms with E-state index in [4.69, 9.17) is 9.16 Å². The minimum absolute atomic E-state index is 0.0263. The van der Waals surface area contributed by atoms with Crippen LogP contribution in [0.4, 0.5) is 8.78 Å². The summed E-state index contributed by atoms with van der Waals surface area (Å²) in [5, 5.41) is 0. The average molecular weight is 314 g/mol. The molecule has 0 radical (unpaired) electrons. The van der Waals surface area contributed by atoms with Gasteiger partial charge >= 0.3 is 0 Å². The van der Waals surface area contributed by atoms with Crippen LogP contribution in [0, 0.1) is 11.6 Å². The van der Waals surface area contributed by atoms with Crippen molar-refractivity contribution >= 4 is 8.32 Å². The van der Waals surface area contributed by atoms with E-state index in [0.717, 1.165) is 37.0 Å². The Morgan fingerprint density at radius 3 is 2.24 bits per heavy atom. The normalized spacial score (nSPS) is 16.8. The highest BCUT2D eigenvalue weighted by atomic mass is 28.4. The molecule has 0 atom stereocenters. The Bertz CT molecular complexity index is 477. The third-order valence-corrected chi connectivity index (χ3v) is 9.31. The van der Waals surface area contributed by atoms with Crippen LogP contribution in [-0.2, 0) is 4.43 Å². The molecule has 1 aliphatic rings. The van der Waals surface area contributed by atoms with Crippen molar-refractivity contribution in [3.8, 4) is 5.75 Å². The fourth-order valence-electron chi connectivity index (χ4n) is 2.65. The van der Waals surface area contributed by atoms with Crippen molar-refractivity contribution in [1.29, 1.82) is 0 Å². The zero-order chi connectivity index (χ0) is 15.5. The summed E-state index contributed by atoms with van der Waals surface area (Å²) in [7, 11) is -1.70. The lowest BCUT2D eigenvalue weighted by Gasteiger charge is -2.33. The minimum Gasteiger partial charge on any atom is -0.487 e. The highest BCUT2D eigenvalue weighted by molar-refractivity contribution is 6.73. The summed E-state index contributed by atoms with van der Waals surface area (Å²) in [6.07, 6.45) is 1.89. The van der Waals surface area contributed by atoms with E-state index in [-0.39, 0.29) is 11.4 Å². The first-order valence-electron chi connectivity index (χ1n) is 7.77. The molecular weight excluding hydrogens is 290 g/mol. The topological polar surface area (TPSA) is 18.5 Å². The zero-order valence-corrected chi connectivity index (χ0v) is 14.0. The summed E-state index contributed by atoms with van der Waals surface area (Å²) in [5.41, 5.74) is -0.271. The molecule has 1 aromatic carbocycles. The molecule has 0 unspecified atom stereocenters. The van der Waals surface area contributed by atoms with Gasteiger partial charge in [0.2, 0.25) is 5.82 Å². The Labute approximate surface area is 126 Å². The molecule has 1 aliphatic carbocycles. The molecule has 0 aromatic heterocycles. The maximum atomic E-state index is 13.6. The minimum atomic E-state index is -1.70. The molecule has 21 heavy (non-hydrogen) atoms. The van der Waals surface area contributed by atoms with Gasteiger partial charge in [0.1, 0.15) is 6.61 Å². The molecule has 118 valence electrons. The molecule has 5 heteroatoms. The van der Waals surface area contributed by atoms with Crippen molar-refractivity contribution in [2.24, 2.45) is 0 Å². The Balaban J connectivity index is 2.01. The van der Waals surface area contributed by atoms with Crippen molar-refractivity contribution in [3.05, 3.63) is 29.8 Å². The van der Waals surface area contributed by atoms with E-state index in [2.05, 4.69) is 20.8 Å². The van der Waals surface area contributed by atoms with Crippen LogP contribution in [0.5, 0.6) is 5.75 Å². The molecule has 1 saturated carbocycles. The van der Waals surface area contributed by atoms with Crippen molar-refractivity contribution < 1.29 is 17.9 Å². The van der Waals surface area contributed by atoms with E-state index in [1.54, 1.807) is 0 Å². The Morgan fingerprint density at radius 2 is 1.71 bits per heavy atom. The summed E-state index contributed by atoms with van der Waals surface area (Å²) >= 11 is 0. The van der Waals surface area contributed by atoms with Crippen molar-refractivity contribution in [3.63, 3.8) is 0 Å². The van der Waals surface area contributed by atoms with E-state index in [0.29, 0.717) is 6.61 Å². The van der Waals surface area contributed by atoms with Gasteiger partial charge in [0.15, 0.2) is 19.9 Å². The molecule has 2 nitrogen and oxygen atoms in total. The van der Waals surface area contributed by atoms with Crippen LogP contribution in [0.2, 0.25) is 18.1 Å². The largest absolute Gasteiger partial charge is 0.487 e. The molecule has 1 aromatic rings. The van der Waals surface area contributed by atoms with Crippen LogP contribution in [0.15, 0.2) is 18.2 Å². The number of rotatable bonds is 8. The Hall–Kier alpha value is -0.943. The molecule has 0 bridgehead atoms. The van der Waals surface area contributed by atoms with E-state index in [9.17, 15) is 8.78 Å². The van der Waals surface area contributed by atoms with Crippen molar-refractivity contribution in [2.75, 3.05) is 6.61 Å². The highest BCUT2D eigenvalue weighted by Crippen LogP contribution is 2.44. The first-order valence-corrected chi connectivity index (χ1v) is 10.3. The smallest absolute Gasteiger partial charge is 0.200 e. The van der Waals surface area contributed by atoms with Crippen molar-refractivity contribution in [2.45, 2.75) is 57.3 Å². The second kappa shape index (κ2) is 6.44. The summed E-state index contributed by atoms with van der Waals surface area (Å²) < 4.78 is 38.8. The fourth-order valence-corrected chi connectivity index (χ4v) is 5.76. The summed E-state index contributed by atoms with van der Waals surface area (Å²) in [4.78, 5) is 0. The van der Waals surface area contributed by atoms with Gasteiger partial charge in [-0.25, -0.2) is 4.39 Å². The molecule has 2 rings (SSSR count). The van der Waals surface area contributed by atoms with Gasteiger partial charge in [0.05, 0.1) is 5.60 Å². The van der Waals surface area contributed by atoms with Gasteiger partial charge in [-0.2, -0.15) is 4.39 Å². The number of halogens is 2. The van der Waals surface area contributed by atoms with Gasteiger partial charge in [0, 0.05) is 0 Å². The predicted molar refractivity (Wildman–Crippen MR) is 82.1 cm³/mol. The van der Waals surface area contributed by atoms with E-state index >= 15 is 0 Å². The van der Waals surface area contributed by atoms with Crippen molar-refractivity contribution in [1.82, 2.24) is 0 Å². The molecule has 0 N–H and O–H groups in total. The zero-order valence-electron chi connectivity index (χ0n) is 13.0. The van der Waals surface area contributed by atoms with Crippen LogP contribution < -0.4 is 4.74 Å². The monoisotopic (exact) mass is 314 g/mol. The molecule has 0 heterocycles. The van der Waals surface area contributed by atoms with E-state index < -0.39 is 20.0 Å². The summed E-state index contributed by atoms with van der Waals surface area (Å²) in [5.74, 6) is -1.82. The van der Waals surface area contributed by atoms with Crippen LogP contribution >= 0.6 is 0 Å². The van der Waals surface area contributed by atoms with Gasteiger partial charge in [-0.3, -0.25) is 0 Å². The maximum Gasteiger partial charge on any atom is 0.200 e. The maximum absolute atomic E-state index is 13.6. The van der Waals surface area contributed by atoms with Crippen LogP contribution in [0.3, 0.4) is 0 Å². The second-order valence-electron chi connectivity index (χ2n) is 5.87. The fraction of sp³-hybridized carbons (Fsp3) is 0.625. The number of hydrogen-bond donors (Lipinski definition) is 0. The summed E-state index contributed by atoms with van der Waals surface area (Å²) in [6.45, 7) is 6.86. The number of ether oxygens (including phenoxy) is 1. The van der Waals surface area contributed by atoms with Gasteiger partial charge in [0.25, 0.3) is 0 Å². The first kappa shape index (κ1) is 16.4. The Kier molecular flexibility index (Phi) is 5.04. The predicted octanol–water partition coefficient (Wildman–Crippen LogP) is 4.90. The quantitative estimate of drug-likeness (QED) is 0.636. The van der Waals surface area contributed by atoms with Gasteiger partial charge < -0.3 is 9.16 Å². The van der Waals surface area contributed by atoms with Gasteiger partial charge in [-0.05, 0) is 43.1 Å². The molecular formula is C16H24F2O2Si. The number of benzene rings is 1. The highest BCUT2D eigenvalue weighted by Gasteiger charge is 2.50. The first-order chi connectivity index (χ1) is 10.00. The third kappa shape index (κ3) is 3.63. The standard InChI is InChI=1S/C16H24F2O2Si/c1-4-21(5-2,6-3)20-16(10-11-16)12-19-14-9-7-8-13(17)15(14)18/h7-9H,4-6,10-12H2,1-3H3. The molecule has 0 spiro atoms. The molecule has 1 fully saturated rings. The lowest BCUT2D eigenvalue weighted by Crippen LogP contribution is -2.43. The lowest BCUT2D eigenvalue weighted by atomic mass is 10.3. The SMILES string of the molecule is CC[Si](CC)(CC)OC1(COc2cccc(F)c2F)CC1. The lowest BCUT2D eigenvalue weighted by molar-refractivity contribution is 0.0945. The second-order valence-corrected chi connectivity index (χ2v) is 10.6. The molecule has 0 saturated heterocycles. The molecule has 0 aliphatic heterocycles. The average Bonchev–Trinajstić information content (AvgIpc) is 3.27. The summed E-state index contributed by atoms with van der Waals surface area (Å²) in [6, 6.07) is 7.24. The third-order valence-electron chi connectivity index (χ3n) is 4.58. The van der Waals surface area contributed by atoms with E-state index in [1.165, 1.54) is 12.1 Å². The molecule has 0 amide bonds. The van der Waals surface area contributed by atoms with Crippen LogP contribution in [0.25, 0.3) is 0 Å². The van der Waals surface area contributed by atoms with Crippen LogP contribution in [0.1, 0.15) is 33.6 Å².